The molecule has 0 atom stereocenters. The van der Waals surface area contributed by atoms with Crippen LogP contribution in [0.4, 0.5) is 0 Å². The Kier molecular flexibility index (Phi) is 1.70. The van der Waals surface area contributed by atoms with Crippen molar-refractivity contribution < 1.29 is 9.47 Å². The summed E-state index contributed by atoms with van der Waals surface area (Å²) in [5.41, 5.74) is 7.31. The summed E-state index contributed by atoms with van der Waals surface area (Å²) < 4.78 is 12.0. The number of hydrogen-bond donors (Lipinski definition) is 1. The highest BCUT2D eigenvalue weighted by molar-refractivity contribution is 5.48. The van der Waals surface area contributed by atoms with Crippen LogP contribution in [0, 0.1) is 0 Å². The van der Waals surface area contributed by atoms with Crippen LogP contribution < -0.4 is 15.2 Å². The summed E-state index contributed by atoms with van der Waals surface area (Å²) in [4.78, 5) is 0. The summed E-state index contributed by atoms with van der Waals surface area (Å²) in [6.07, 6.45) is 6.56. The minimum absolute atomic E-state index is 0.0934. The second-order valence-electron chi connectivity index (χ2n) is 5.64. The zero-order valence-corrected chi connectivity index (χ0v) is 9.87. The maximum Gasteiger partial charge on any atom is 0.251 e. The summed E-state index contributed by atoms with van der Waals surface area (Å²) in [5, 5.41) is 0. The molecule has 0 radical (unpaired) electrons. The minimum Gasteiger partial charge on any atom is -0.448 e. The molecule has 1 heterocycles. The molecule has 3 heteroatoms. The third-order valence-electron chi connectivity index (χ3n) is 4.26. The highest BCUT2D eigenvalue weighted by atomic mass is 16.7. The van der Waals surface area contributed by atoms with Crippen molar-refractivity contribution in [3.8, 4) is 11.5 Å². The lowest BCUT2D eigenvalue weighted by molar-refractivity contribution is -0.0716. The van der Waals surface area contributed by atoms with E-state index >= 15 is 0 Å². The molecule has 90 valence electrons. The van der Waals surface area contributed by atoms with Crippen molar-refractivity contribution >= 4 is 0 Å². The van der Waals surface area contributed by atoms with Gasteiger partial charge in [-0.3, -0.25) is 0 Å². The Morgan fingerprint density at radius 1 is 0.941 bits per heavy atom. The van der Waals surface area contributed by atoms with Gasteiger partial charge in [0, 0.05) is 18.4 Å². The highest BCUT2D eigenvalue weighted by Gasteiger charge is 2.46. The smallest absolute Gasteiger partial charge is 0.251 e. The van der Waals surface area contributed by atoms with Gasteiger partial charge < -0.3 is 15.2 Å². The first-order valence-electron chi connectivity index (χ1n) is 6.51. The predicted molar refractivity (Wildman–Crippen MR) is 64.0 cm³/mol. The van der Waals surface area contributed by atoms with Gasteiger partial charge in [0.15, 0.2) is 11.5 Å². The Morgan fingerprint density at radius 2 is 1.65 bits per heavy atom. The molecular formula is C14H17NO2. The zero-order chi connectivity index (χ0) is 11.5. The van der Waals surface area contributed by atoms with Gasteiger partial charge in [0.25, 0.3) is 5.79 Å². The predicted octanol–water partition coefficient (Wildman–Crippen LogP) is 2.68. The summed E-state index contributed by atoms with van der Waals surface area (Å²) in [6, 6.07) is 6.18. The highest BCUT2D eigenvalue weighted by Crippen LogP contribution is 2.50. The lowest BCUT2D eigenvalue weighted by atomic mass is 10.1. The monoisotopic (exact) mass is 231 g/mol. The molecule has 1 aliphatic heterocycles. The van der Waals surface area contributed by atoms with E-state index in [2.05, 4.69) is 12.1 Å². The fraction of sp³-hybridized carbons (Fsp3) is 0.571. The minimum atomic E-state index is -0.355. The molecule has 1 aromatic rings. The van der Waals surface area contributed by atoms with E-state index in [-0.39, 0.29) is 11.3 Å². The molecule has 17 heavy (non-hydrogen) atoms. The van der Waals surface area contributed by atoms with Gasteiger partial charge in [0.2, 0.25) is 0 Å². The zero-order valence-electron chi connectivity index (χ0n) is 9.87. The maximum atomic E-state index is 6.21. The maximum absolute atomic E-state index is 6.21. The Morgan fingerprint density at radius 3 is 2.35 bits per heavy atom. The van der Waals surface area contributed by atoms with Crippen molar-refractivity contribution in [1.82, 2.24) is 0 Å². The summed E-state index contributed by atoms with van der Waals surface area (Å²) >= 11 is 0. The van der Waals surface area contributed by atoms with Crippen LogP contribution in [-0.4, -0.2) is 5.79 Å². The molecule has 2 N–H and O–H groups in total. The molecule has 0 bridgehead atoms. The van der Waals surface area contributed by atoms with Crippen LogP contribution in [0.1, 0.15) is 44.1 Å². The average molecular weight is 231 g/mol. The molecule has 0 aromatic heterocycles. The Hall–Kier alpha value is -1.22. The fourth-order valence-corrected chi connectivity index (χ4v) is 2.94. The largest absolute Gasteiger partial charge is 0.448 e. The Bertz CT molecular complexity index is 473. The molecule has 2 saturated carbocycles. The van der Waals surface area contributed by atoms with Crippen LogP contribution in [0.15, 0.2) is 18.2 Å². The van der Waals surface area contributed by atoms with Crippen molar-refractivity contribution in [2.45, 2.75) is 49.9 Å². The first kappa shape index (κ1) is 9.77. The van der Waals surface area contributed by atoms with E-state index in [0.717, 1.165) is 37.2 Å². The van der Waals surface area contributed by atoms with E-state index in [9.17, 15) is 0 Å². The van der Waals surface area contributed by atoms with Crippen LogP contribution in [0.3, 0.4) is 0 Å². The second-order valence-corrected chi connectivity index (χ2v) is 5.64. The van der Waals surface area contributed by atoms with Crippen LogP contribution in [0.25, 0.3) is 0 Å². The topological polar surface area (TPSA) is 44.5 Å². The van der Waals surface area contributed by atoms with Gasteiger partial charge in [0.1, 0.15) is 0 Å². The molecule has 0 saturated heterocycles. The number of ether oxygens (including phenoxy) is 2. The van der Waals surface area contributed by atoms with E-state index in [1.807, 2.05) is 6.07 Å². The van der Waals surface area contributed by atoms with Gasteiger partial charge in [0.05, 0.1) is 0 Å². The molecule has 4 rings (SSSR count). The van der Waals surface area contributed by atoms with Crippen molar-refractivity contribution in [2.75, 3.05) is 0 Å². The third kappa shape index (κ3) is 1.38. The lowest BCUT2D eigenvalue weighted by Crippen LogP contribution is -2.34. The van der Waals surface area contributed by atoms with Crippen molar-refractivity contribution in [3.63, 3.8) is 0 Å². The second kappa shape index (κ2) is 2.96. The Labute approximate surface area is 101 Å². The normalized spacial score (nSPS) is 26.4. The van der Waals surface area contributed by atoms with E-state index < -0.39 is 0 Å². The quantitative estimate of drug-likeness (QED) is 0.808. The van der Waals surface area contributed by atoms with Gasteiger partial charge in [-0.05, 0) is 43.4 Å². The number of benzene rings is 1. The molecule has 2 aliphatic carbocycles. The van der Waals surface area contributed by atoms with E-state index in [0.29, 0.717) is 0 Å². The first-order valence-corrected chi connectivity index (χ1v) is 6.51. The van der Waals surface area contributed by atoms with Crippen molar-refractivity contribution in [2.24, 2.45) is 5.73 Å². The van der Waals surface area contributed by atoms with E-state index in [1.165, 1.54) is 18.4 Å². The third-order valence-corrected chi connectivity index (χ3v) is 4.26. The van der Waals surface area contributed by atoms with Crippen molar-refractivity contribution in [1.29, 1.82) is 0 Å². The summed E-state index contributed by atoms with van der Waals surface area (Å²) in [5.74, 6) is 1.42. The van der Waals surface area contributed by atoms with Gasteiger partial charge in [-0.1, -0.05) is 6.07 Å². The van der Waals surface area contributed by atoms with Crippen LogP contribution in [-0.2, 0) is 5.54 Å². The SMILES string of the molecule is NC1(c2ccc3c(c2)OC2(CCCC2)O3)CC1. The van der Waals surface area contributed by atoms with Crippen LogP contribution >= 0.6 is 0 Å². The molecule has 2 fully saturated rings. The van der Waals surface area contributed by atoms with Gasteiger partial charge in [-0.25, -0.2) is 0 Å². The molecule has 1 spiro atoms. The number of rotatable bonds is 1. The van der Waals surface area contributed by atoms with E-state index in [1.54, 1.807) is 0 Å². The summed E-state index contributed by atoms with van der Waals surface area (Å²) in [6.45, 7) is 0. The van der Waals surface area contributed by atoms with Gasteiger partial charge in [-0.15, -0.1) is 0 Å². The van der Waals surface area contributed by atoms with Crippen LogP contribution in [0.5, 0.6) is 11.5 Å². The lowest BCUT2D eigenvalue weighted by Gasteiger charge is -2.21. The van der Waals surface area contributed by atoms with Crippen LogP contribution in [0.2, 0.25) is 0 Å². The van der Waals surface area contributed by atoms with E-state index in [4.69, 9.17) is 15.2 Å². The van der Waals surface area contributed by atoms with Gasteiger partial charge in [-0.2, -0.15) is 0 Å². The standard InChI is InChI=1S/C14H17NO2/c15-13(7-8-13)10-3-4-11-12(9-10)17-14(16-11)5-1-2-6-14/h3-4,9H,1-2,5-8,15H2. The number of hydrogen-bond acceptors (Lipinski definition) is 3. The van der Waals surface area contributed by atoms with Crippen molar-refractivity contribution in [3.05, 3.63) is 23.8 Å². The number of fused-ring (bicyclic) bond motifs is 1. The molecule has 3 aliphatic rings. The molecule has 3 nitrogen and oxygen atoms in total. The number of nitrogens with two attached hydrogens (primary N) is 1. The molecule has 0 unspecified atom stereocenters. The Balaban J connectivity index is 1.69. The first-order chi connectivity index (χ1) is 8.19. The fourth-order valence-electron chi connectivity index (χ4n) is 2.94. The average Bonchev–Trinajstić information content (AvgIpc) is 2.79. The molecular weight excluding hydrogens is 214 g/mol. The molecule has 1 aromatic carbocycles. The summed E-state index contributed by atoms with van der Waals surface area (Å²) in [7, 11) is 0. The van der Waals surface area contributed by atoms with Gasteiger partial charge >= 0.3 is 0 Å². The molecule has 0 amide bonds.